The van der Waals surface area contributed by atoms with Crippen molar-refractivity contribution >= 4 is 17.5 Å². The van der Waals surface area contributed by atoms with Crippen LogP contribution in [0.1, 0.15) is 31.2 Å². The zero-order chi connectivity index (χ0) is 18.8. The number of carbonyl (C=O) groups excluding carboxylic acids is 2. The Morgan fingerprint density at radius 3 is 3.04 bits per heavy atom. The Balaban J connectivity index is 1.30. The van der Waals surface area contributed by atoms with E-state index in [4.69, 9.17) is 10.00 Å². The van der Waals surface area contributed by atoms with E-state index in [9.17, 15) is 9.59 Å². The number of nitrogens with zero attached hydrogens (tertiary/aromatic N) is 3. The van der Waals surface area contributed by atoms with Gasteiger partial charge in [0.05, 0.1) is 12.6 Å². The Bertz CT molecular complexity index is 788. The molecule has 3 aliphatic heterocycles. The monoisotopic (exact) mass is 368 g/mol. The largest absolute Gasteiger partial charge is 0.489 e. The first-order valence-corrected chi connectivity index (χ1v) is 9.63. The molecule has 7 nitrogen and oxygen atoms in total. The third kappa shape index (κ3) is 3.91. The van der Waals surface area contributed by atoms with Gasteiger partial charge in [-0.3, -0.25) is 14.5 Å². The molecule has 0 saturated carbocycles. The van der Waals surface area contributed by atoms with Crippen molar-refractivity contribution in [1.29, 1.82) is 5.26 Å². The van der Waals surface area contributed by atoms with Crippen LogP contribution in [0.4, 0.5) is 5.69 Å². The first kappa shape index (κ1) is 17.8. The number of nitriles is 1. The highest BCUT2D eigenvalue weighted by atomic mass is 16.5. The summed E-state index contributed by atoms with van der Waals surface area (Å²) in [7, 11) is 0. The molecular weight excluding hydrogens is 344 g/mol. The second-order valence-electron chi connectivity index (χ2n) is 7.51. The van der Waals surface area contributed by atoms with E-state index in [1.54, 1.807) is 4.90 Å². The van der Waals surface area contributed by atoms with Gasteiger partial charge in [-0.15, -0.1) is 0 Å². The third-order valence-electron chi connectivity index (χ3n) is 5.59. The molecule has 0 spiro atoms. The van der Waals surface area contributed by atoms with Crippen LogP contribution in [-0.2, 0) is 16.0 Å². The Kier molecular flexibility index (Phi) is 4.99. The maximum atomic E-state index is 12.5. The molecule has 3 heterocycles. The summed E-state index contributed by atoms with van der Waals surface area (Å²) in [5.74, 6) is 0.917. The van der Waals surface area contributed by atoms with E-state index in [0.29, 0.717) is 26.1 Å². The minimum atomic E-state index is -0.261. The van der Waals surface area contributed by atoms with Crippen molar-refractivity contribution in [3.05, 3.63) is 23.8 Å². The maximum Gasteiger partial charge on any atom is 0.237 e. The van der Waals surface area contributed by atoms with E-state index in [1.807, 2.05) is 18.2 Å². The Morgan fingerprint density at radius 1 is 1.30 bits per heavy atom. The molecule has 2 fully saturated rings. The number of rotatable bonds is 4. The maximum absolute atomic E-state index is 12.5. The molecule has 2 atom stereocenters. The number of nitrogens with one attached hydrogen (secondary N) is 1. The average Bonchev–Trinajstić information content (AvgIpc) is 3.31. The summed E-state index contributed by atoms with van der Waals surface area (Å²) in [5, 5.41) is 12.0. The van der Waals surface area contributed by atoms with Gasteiger partial charge in [0, 0.05) is 31.7 Å². The SMILES string of the molecule is N#CC1CCCN1C(=O)CN1CCC(Oc2ccc3c(c2)CCC(=O)N3)C1. The summed E-state index contributed by atoms with van der Waals surface area (Å²) >= 11 is 0. The molecule has 0 aromatic heterocycles. The lowest BCUT2D eigenvalue weighted by Crippen LogP contribution is -2.42. The molecule has 2 unspecified atom stereocenters. The summed E-state index contributed by atoms with van der Waals surface area (Å²) in [6.45, 7) is 2.58. The Hall–Kier alpha value is -2.59. The van der Waals surface area contributed by atoms with Crippen LogP contribution < -0.4 is 10.1 Å². The number of benzene rings is 1. The highest BCUT2D eigenvalue weighted by Crippen LogP contribution is 2.28. The quantitative estimate of drug-likeness (QED) is 0.871. The van der Waals surface area contributed by atoms with Gasteiger partial charge in [-0.2, -0.15) is 5.26 Å². The molecule has 7 heteroatoms. The fourth-order valence-corrected chi connectivity index (χ4v) is 4.14. The number of fused-ring (bicyclic) bond motifs is 1. The van der Waals surface area contributed by atoms with E-state index in [1.165, 1.54) is 0 Å². The van der Waals surface area contributed by atoms with Crippen molar-refractivity contribution in [1.82, 2.24) is 9.80 Å². The number of hydrogen-bond acceptors (Lipinski definition) is 5. The van der Waals surface area contributed by atoms with E-state index < -0.39 is 0 Å². The lowest BCUT2D eigenvalue weighted by atomic mass is 10.0. The molecule has 1 N–H and O–H groups in total. The molecule has 0 aliphatic carbocycles. The topological polar surface area (TPSA) is 85.7 Å². The predicted molar refractivity (Wildman–Crippen MR) is 99.2 cm³/mol. The number of likely N-dealkylation sites (tertiary alicyclic amines) is 2. The fourth-order valence-electron chi connectivity index (χ4n) is 4.14. The van der Waals surface area contributed by atoms with Gasteiger partial charge < -0.3 is 15.0 Å². The Labute approximate surface area is 158 Å². The van der Waals surface area contributed by atoms with Gasteiger partial charge in [-0.25, -0.2) is 0 Å². The third-order valence-corrected chi connectivity index (χ3v) is 5.59. The predicted octanol–water partition coefficient (Wildman–Crippen LogP) is 1.54. The van der Waals surface area contributed by atoms with Gasteiger partial charge >= 0.3 is 0 Å². The number of carbonyl (C=O) groups is 2. The molecule has 3 aliphatic rings. The number of anilines is 1. The lowest BCUT2D eigenvalue weighted by Gasteiger charge is -2.23. The number of aryl methyl sites for hydroxylation is 1. The minimum Gasteiger partial charge on any atom is -0.489 e. The molecule has 0 radical (unpaired) electrons. The van der Waals surface area contributed by atoms with Crippen LogP contribution in [0.25, 0.3) is 0 Å². The van der Waals surface area contributed by atoms with Crippen molar-refractivity contribution in [2.75, 3.05) is 31.5 Å². The van der Waals surface area contributed by atoms with Gasteiger partial charge in [-0.05, 0) is 49.4 Å². The van der Waals surface area contributed by atoms with Crippen molar-refractivity contribution in [2.24, 2.45) is 0 Å². The van der Waals surface area contributed by atoms with Crippen LogP contribution >= 0.6 is 0 Å². The molecule has 27 heavy (non-hydrogen) atoms. The summed E-state index contributed by atoms with van der Waals surface area (Å²) in [4.78, 5) is 27.8. The van der Waals surface area contributed by atoms with Crippen molar-refractivity contribution in [2.45, 2.75) is 44.2 Å². The van der Waals surface area contributed by atoms with E-state index in [0.717, 1.165) is 49.2 Å². The lowest BCUT2D eigenvalue weighted by molar-refractivity contribution is -0.132. The smallest absolute Gasteiger partial charge is 0.237 e. The Morgan fingerprint density at radius 2 is 2.19 bits per heavy atom. The minimum absolute atomic E-state index is 0.0456. The van der Waals surface area contributed by atoms with E-state index >= 15 is 0 Å². The standard InChI is InChI=1S/C20H24N4O3/c21-11-15-2-1-8-24(15)20(26)13-23-9-7-17(12-23)27-16-4-5-18-14(10-16)3-6-19(25)22-18/h4-5,10,15,17H,1-3,6-9,12-13H2,(H,22,25). The first-order chi connectivity index (χ1) is 13.1. The van der Waals surface area contributed by atoms with Crippen molar-refractivity contribution in [3.63, 3.8) is 0 Å². The molecule has 1 aromatic carbocycles. The van der Waals surface area contributed by atoms with Crippen LogP contribution in [0.5, 0.6) is 5.75 Å². The van der Waals surface area contributed by atoms with Gasteiger partial charge in [0.15, 0.2) is 0 Å². The van der Waals surface area contributed by atoms with E-state index in [-0.39, 0.29) is 24.0 Å². The van der Waals surface area contributed by atoms with Gasteiger partial charge in [0.1, 0.15) is 17.9 Å². The van der Waals surface area contributed by atoms with Gasteiger partial charge in [0.25, 0.3) is 0 Å². The summed E-state index contributed by atoms with van der Waals surface area (Å²) < 4.78 is 6.12. The molecule has 2 amide bonds. The van der Waals surface area contributed by atoms with Crippen LogP contribution in [0.3, 0.4) is 0 Å². The molecule has 2 saturated heterocycles. The average molecular weight is 368 g/mol. The number of hydrogen-bond donors (Lipinski definition) is 1. The second-order valence-corrected chi connectivity index (χ2v) is 7.51. The van der Waals surface area contributed by atoms with Crippen LogP contribution in [0.2, 0.25) is 0 Å². The van der Waals surface area contributed by atoms with E-state index in [2.05, 4.69) is 16.3 Å². The second kappa shape index (κ2) is 7.57. The fraction of sp³-hybridized carbons (Fsp3) is 0.550. The zero-order valence-corrected chi connectivity index (χ0v) is 15.3. The van der Waals surface area contributed by atoms with Crippen LogP contribution in [0, 0.1) is 11.3 Å². The first-order valence-electron chi connectivity index (χ1n) is 9.63. The summed E-state index contributed by atoms with van der Waals surface area (Å²) in [6.07, 6.45) is 3.87. The van der Waals surface area contributed by atoms with Crippen molar-refractivity contribution in [3.8, 4) is 11.8 Å². The number of amides is 2. The highest BCUT2D eigenvalue weighted by Gasteiger charge is 2.32. The zero-order valence-electron chi connectivity index (χ0n) is 15.3. The van der Waals surface area contributed by atoms with Crippen LogP contribution in [0.15, 0.2) is 18.2 Å². The summed E-state index contributed by atoms with van der Waals surface area (Å²) in [6, 6.07) is 7.75. The molecule has 1 aromatic rings. The van der Waals surface area contributed by atoms with Gasteiger partial charge in [0.2, 0.25) is 11.8 Å². The molecule has 4 rings (SSSR count). The normalized spacial score (nSPS) is 25.0. The molecule has 142 valence electrons. The van der Waals surface area contributed by atoms with Crippen molar-refractivity contribution < 1.29 is 14.3 Å². The number of ether oxygens (including phenoxy) is 1. The van der Waals surface area contributed by atoms with Gasteiger partial charge in [-0.1, -0.05) is 0 Å². The molecular formula is C20H24N4O3. The molecule has 0 bridgehead atoms. The van der Waals surface area contributed by atoms with Crippen LogP contribution in [-0.4, -0.2) is 59.9 Å². The summed E-state index contributed by atoms with van der Waals surface area (Å²) in [5.41, 5.74) is 1.98. The highest BCUT2D eigenvalue weighted by molar-refractivity contribution is 5.94.